The van der Waals surface area contributed by atoms with E-state index in [1.807, 2.05) is 18.2 Å². The number of aromatic amines is 1. The van der Waals surface area contributed by atoms with Crippen molar-refractivity contribution in [3.63, 3.8) is 0 Å². The van der Waals surface area contributed by atoms with Crippen LogP contribution in [-0.4, -0.2) is 20.2 Å². The quantitative estimate of drug-likeness (QED) is 0.532. The summed E-state index contributed by atoms with van der Waals surface area (Å²) in [6.45, 7) is 0. The fourth-order valence-electron chi connectivity index (χ4n) is 1.53. The molecule has 3 N–H and O–H groups in total. The van der Waals surface area contributed by atoms with Crippen LogP contribution in [0.4, 0.5) is 5.69 Å². The summed E-state index contributed by atoms with van der Waals surface area (Å²) in [5.41, 5.74) is 7.68. The lowest BCUT2D eigenvalue weighted by atomic mass is 10.2. The maximum atomic E-state index is 5.99. The standard InChI is InChI=1S/C11H9N5S/c12-8-3-7-5-15-16-9(7)4-10(8)17-11-1-2-13-6-14-11/h1-6H,12H2,(H,15,16). The zero-order chi connectivity index (χ0) is 11.7. The van der Waals surface area contributed by atoms with E-state index in [2.05, 4.69) is 20.2 Å². The first-order valence-electron chi connectivity index (χ1n) is 4.99. The van der Waals surface area contributed by atoms with Gasteiger partial charge in [0.05, 0.1) is 11.7 Å². The lowest BCUT2D eigenvalue weighted by Gasteiger charge is -2.04. The number of hydrogen-bond donors (Lipinski definition) is 2. The highest BCUT2D eigenvalue weighted by Crippen LogP contribution is 2.32. The number of nitrogens with zero attached hydrogens (tertiary/aromatic N) is 3. The second kappa shape index (κ2) is 4.06. The summed E-state index contributed by atoms with van der Waals surface area (Å²) < 4.78 is 0. The Hall–Kier alpha value is -2.08. The van der Waals surface area contributed by atoms with E-state index in [0.29, 0.717) is 0 Å². The Morgan fingerprint density at radius 2 is 2.24 bits per heavy atom. The van der Waals surface area contributed by atoms with Crippen LogP contribution in [0.25, 0.3) is 10.9 Å². The van der Waals surface area contributed by atoms with Crippen molar-refractivity contribution in [2.75, 3.05) is 5.73 Å². The highest BCUT2D eigenvalue weighted by atomic mass is 32.2. The third kappa shape index (κ3) is 1.94. The van der Waals surface area contributed by atoms with E-state index >= 15 is 0 Å². The second-order valence-electron chi connectivity index (χ2n) is 3.50. The number of fused-ring (bicyclic) bond motifs is 1. The normalized spacial score (nSPS) is 10.8. The summed E-state index contributed by atoms with van der Waals surface area (Å²) in [7, 11) is 0. The number of nitrogens with one attached hydrogen (secondary N) is 1. The summed E-state index contributed by atoms with van der Waals surface area (Å²) >= 11 is 1.51. The van der Waals surface area contributed by atoms with Crippen LogP contribution < -0.4 is 5.73 Å². The third-order valence-corrected chi connectivity index (χ3v) is 3.36. The van der Waals surface area contributed by atoms with Gasteiger partial charge in [-0.15, -0.1) is 0 Å². The van der Waals surface area contributed by atoms with E-state index in [4.69, 9.17) is 5.73 Å². The first kappa shape index (κ1) is 10.1. The van der Waals surface area contributed by atoms with E-state index in [0.717, 1.165) is 26.5 Å². The molecule has 3 aromatic rings. The molecule has 0 unspecified atom stereocenters. The molecule has 0 radical (unpaired) electrons. The van der Waals surface area contributed by atoms with Gasteiger partial charge in [0.15, 0.2) is 0 Å². The molecule has 0 bridgehead atoms. The molecule has 2 heterocycles. The summed E-state index contributed by atoms with van der Waals surface area (Å²) in [5, 5.41) is 8.77. The van der Waals surface area contributed by atoms with Gasteiger partial charge in [0.1, 0.15) is 11.4 Å². The third-order valence-electron chi connectivity index (χ3n) is 2.34. The van der Waals surface area contributed by atoms with Crippen molar-refractivity contribution in [1.82, 2.24) is 20.2 Å². The molecule has 84 valence electrons. The molecular weight excluding hydrogens is 234 g/mol. The average Bonchev–Trinajstić information content (AvgIpc) is 2.78. The van der Waals surface area contributed by atoms with Crippen LogP contribution in [0, 0.1) is 0 Å². The minimum Gasteiger partial charge on any atom is -0.398 e. The molecule has 0 fully saturated rings. The smallest absolute Gasteiger partial charge is 0.116 e. The van der Waals surface area contributed by atoms with Crippen LogP contribution in [0.1, 0.15) is 0 Å². The summed E-state index contributed by atoms with van der Waals surface area (Å²) in [5.74, 6) is 0. The van der Waals surface area contributed by atoms with Gasteiger partial charge < -0.3 is 5.73 Å². The zero-order valence-corrected chi connectivity index (χ0v) is 9.61. The minimum absolute atomic E-state index is 0.725. The van der Waals surface area contributed by atoms with Gasteiger partial charge in [0.25, 0.3) is 0 Å². The van der Waals surface area contributed by atoms with Gasteiger partial charge >= 0.3 is 0 Å². The minimum atomic E-state index is 0.725. The monoisotopic (exact) mass is 243 g/mol. The molecule has 3 rings (SSSR count). The van der Waals surface area contributed by atoms with E-state index in [-0.39, 0.29) is 0 Å². The van der Waals surface area contributed by atoms with Crippen molar-refractivity contribution in [1.29, 1.82) is 0 Å². The number of nitrogens with two attached hydrogens (primary N) is 1. The van der Waals surface area contributed by atoms with Crippen molar-refractivity contribution in [3.8, 4) is 0 Å². The molecule has 6 heteroatoms. The average molecular weight is 243 g/mol. The molecule has 1 aromatic carbocycles. The maximum absolute atomic E-state index is 5.99. The van der Waals surface area contributed by atoms with Crippen LogP contribution in [0.3, 0.4) is 0 Å². The molecule has 2 aromatic heterocycles. The van der Waals surface area contributed by atoms with Crippen molar-refractivity contribution < 1.29 is 0 Å². The molecule has 0 amide bonds. The molecular formula is C11H9N5S. The van der Waals surface area contributed by atoms with Crippen LogP contribution >= 0.6 is 11.8 Å². The molecule has 0 aliphatic heterocycles. The van der Waals surface area contributed by atoms with Gasteiger partial charge in [-0.3, -0.25) is 5.10 Å². The van der Waals surface area contributed by atoms with Gasteiger partial charge in [0.2, 0.25) is 0 Å². The fourth-order valence-corrected chi connectivity index (χ4v) is 2.34. The highest BCUT2D eigenvalue weighted by Gasteiger charge is 2.06. The SMILES string of the molecule is Nc1cc2cn[nH]c2cc1Sc1ccncn1. The Bertz CT molecular complexity index is 649. The predicted octanol–water partition coefficient (Wildman–Crippen LogP) is 2.09. The number of nitrogen functional groups attached to an aromatic ring is 1. The van der Waals surface area contributed by atoms with E-state index in [1.54, 1.807) is 12.4 Å². The molecule has 17 heavy (non-hydrogen) atoms. The number of hydrogen-bond acceptors (Lipinski definition) is 5. The van der Waals surface area contributed by atoms with E-state index < -0.39 is 0 Å². The topological polar surface area (TPSA) is 80.5 Å². The lowest BCUT2D eigenvalue weighted by Crippen LogP contribution is -1.89. The van der Waals surface area contributed by atoms with Gasteiger partial charge in [-0.1, -0.05) is 11.8 Å². The summed E-state index contributed by atoms with van der Waals surface area (Å²) in [6, 6.07) is 5.73. The van der Waals surface area contributed by atoms with Crippen LogP contribution in [0.2, 0.25) is 0 Å². The highest BCUT2D eigenvalue weighted by molar-refractivity contribution is 7.99. The van der Waals surface area contributed by atoms with E-state index in [9.17, 15) is 0 Å². The largest absolute Gasteiger partial charge is 0.398 e. The van der Waals surface area contributed by atoms with Crippen LogP contribution in [0.15, 0.2) is 46.8 Å². The number of H-pyrrole nitrogens is 1. The number of rotatable bonds is 2. The first-order valence-corrected chi connectivity index (χ1v) is 5.81. The van der Waals surface area contributed by atoms with Crippen LogP contribution in [0.5, 0.6) is 0 Å². The molecule has 0 aliphatic carbocycles. The van der Waals surface area contributed by atoms with Gasteiger partial charge in [-0.25, -0.2) is 9.97 Å². The Labute approximate surface area is 101 Å². The first-order chi connectivity index (χ1) is 8.33. The van der Waals surface area contributed by atoms with Crippen LogP contribution in [-0.2, 0) is 0 Å². The maximum Gasteiger partial charge on any atom is 0.116 e. The van der Waals surface area contributed by atoms with Gasteiger partial charge in [-0.2, -0.15) is 5.10 Å². The lowest BCUT2D eigenvalue weighted by molar-refractivity contribution is 1.05. The Kier molecular flexibility index (Phi) is 2.41. The molecule has 0 aliphatic rings. The Balaban J connectivity index is 2.02. The van der Waals surface area contributed by atoms with Crippen molar-refractivity contribution >= 4 is 28.4 Å². The predicted molar refractivity (Wildman–Crippen MR) is 66.7 cm³/mol. The molecule has 0 saturated carbocycles. The number of aromatic nitrogens is 4. The second-order valence-corrected chi connectivity index (χ2v) is 4.56. The molecule has 0 saturated heterocycles. The molecule has 0 atom stereocenters. The van der Waals surface area contributed by atoms with Crippen molar-refractivity contribution in [2.45, 2.75) is 9.92 Å². The zero-order valence-electron chi connectivity index (χ0n) is 8.79. The van der Waals surface area contributed by atoms with Gasteiger partial charge in [0, 0.05) is 22.2 Å². The molecule has 5 nitrogen and oxygen atoms in total. The number of benzene rings is 1. The fraction of sp³-hybridized carbons (Fsp3) is 0. The Morgan fingerprint density at radius 1 is 1.29 bits per heavy atom. The summed E-state index contributed by atoms with van der Waals surface area (Å²) in [6.07, 6.45) is 4.98. The number of anilines is 1. The summed E-state index contributed by atoms with van der Waals surface area (Å²) in [4.78, 5) is 8.99. The molecule has 0 spiro atoms. The van der Waals surface area contributed by atoms with Gasteiger partial charge in [-0.05, 0) is 18.2 Å². The Morgan fingerprint density at radius 3 is 3.06 bits per heavy atom. The van der Waals surface area contributed by atoms with Crippen molar-refractivity contribution in [3.05, 3.63) is 36.9 Å². The van der Waals surface area contributed by atoms with E-state index in [1.165, 1.54) is 18.1 Å². The van der Waals surface area contributed by atoms with Crippen molar-refractivity contribution in [2.24, 2.45) is 0 Å².